The van der Waals surface area contributed by atoms with Crippen LogP contribution in [-0.4, -0.2) is 44.8 Å². The lowest BCUT2D eigenvalue weighted by Crippen LogP contribution is -2.42. The molecule has 0 bridgehead atoms. The van der Waals surface area contributed by atoms with Crippen molar-refractivity contribution in [2.75, 3.05) is 13.1 Å². The highest BCUT2D eigenvalue weighted by Crippen LogP contribution is 2.23. The molecule has 3 aromatic rings. The van der Waals surface area contributed by atoms with Crippen molar-refractivity contribution in [1.29, 1.82) is 0 Å². The molecule has 1 aromatic carbocycles. The minimum absolute atomic E-state index is 0.0476. The van der Waals surface area contributed by atoms with Crippen molar-refractivity contribution in [1.82, 2.24) is 19.7 Å². The number of hydrogen-bond donors (Lipinski definition) is 0. The molecule has 1 saturated heterocycles. The lowest BCUT2D eigenvalue weighted by Gasteiger charge is -2.31. The number of fused-ring (bicyclic) bond motifs is 1. The van der Waals surface area contributed by atoms with Gasteiger partial charge in [0.2, 0.25) is 0 Å². The first kappa shape index (κ1) is 16.8. The van der Waals surface area contributed by atoms with Crippen LogP contribution in [0.5, 0.6) is 5.75 Å². The molecule has 0 aliphatic carbocycles. The van der Waals surface area contributed by atoms with E-state index in [9.17, 15) is 4.79 Å². The normalized spacial score (nSPS) is 15.4. The molecule has 0 spiro atoms. The van der Waals surface area contributed by atoms with Crippen LogP contribution in [0.3, 0.4) is 0 Å². The molecular weight excluding hydrogens is 352 g/mol. The summed E-state index contributed by atoms with van der Waals surface area (Å²) in [6.45, 7) is 1.30. The number of amides is 1. The Kier molecular flexibility index (Phi) is 4.51. The predicted molar refractivity (Wildman–Crippen MR) is 99.5 cm³/mol. The molecule has 0 N–H and O–H groups in total. The topological polar surface area (TPSA) is 60.2 Å². The van der Waals surface area contributed by atoms with Crippen molar-refractivity contribution in [2.24, 2.45) is 7.05 Å². The van der Waals surface area contributed by atoms with E-state index in [1.807, 2.05) is 41.3 Å². The second kappa shape index (κ2) is 6.96. The third kappa shape index (κ3) is 3.24. The Morgan fingerprint density at radius 2 is 1.92 bits per heavy atom. The van der Waals surface area contributed by atoms with E-state index in [1.165, 1.54) is 0 Å². The van der Waals surface area contributed by atoms with Gasteiger partial charge < -0.3 is 9.64 Å². The summed E-state index contributed by atoms with van der Waals surface area (Å²) in [4.78, 5) is 19.0. The van der Waals surface area contributed by atoms with E-state index in [0.29, 0.717) is 23.8 Å². The van der Waals surface area contributed by atoms with Crippen LogP contribution in [0.25, 0.3) is 11.0 Å². The number of benzene rings is 1. The van der Waals surface area contributed by atoms with Gasteiger partial charge >= 0.3 is 0 Å². The number of rotatable bonds is 3. The Morgan fingerprint density at radius 1 is 1.19 bits per heavy atom. The van der Waals surface area contributed by atoms with Crippen molar-refractivity contribution in [3.8, 4) is 5.75 Å². The van der Waals surface area contributed by atoms with Gasteiger partial charge in [-0.15, -0.1) is 0 Å². The number of hydrogen-bond acceptors (Lipinski definition) is 4. The molecular formula is C19H19ClN4O2. The quantitative estimate of drug-likeness (QED) is 0.709. The number of nitrogens with zero attached hydrogens (tertiary/aromatic N) is 4. The molecule has 134 valence electrons. The molecule has 0 saturated carbocycles. The zero-order valence-corrected chi connectivity index (χ0v) is 15.2. The van der Waals surface area contributed by atoms with Gasteiger partial charge in [0.25, 0.3) is 5.91 Å². The van der Waals surface area contributed by atoms with Crippen LogP contribution in [0.15, 0.2) is 42.6 Å². The number of carbonyl (C=O) groups is 1. The molecule has 1 aliphatic heterocycles. The third-order valence-electron chi connectivity index (χ3n) is 4.65. The molecule has 2 aromatic heterocycles. The van der Waals surface area contributed by atoms with Gasteiger partial charge in [-0.05, 0) is 36.4 Å². The summed E-state index contributed by atoms with van der Waals surface area (Å²) >= 11 is 5.90. The minimum atomic E-state index is -0.0476. The lowest BCUT2D eigenvalue weighted by atomic mass is 10.1. The number of aromatic nitrogens is 3. The van der Waals surface area contributed by atoms with E-state index in [4.69, 9.17) is 16.3 Å². The number of ether oxygens (including phenoxy) is 1. The number of piperidine rings is 1. The van der Waals surface area contributed by atoms with Gasteiger partial charge in [-0.3, -0.25) is 4.79 Å². The summed E-state index contributed by atoms with van der Waals surface area (Å²) in [6, 6.07) is 11.1. The van der Waals surface area contributed by atoms with Crippen LogP contribution >= 0.6 is 11.6 Å². The number of likely N-dealkylation sites (tertiary alicyclic amines) is 1. The first-order valence-corrected chi connectivity index (χ1v) is 8.99. The third-order valence-corrected chi connectivity index (χ3v) is 4.90. The lowest BCUT2D eigenvalue weighted by molar-refractivity contribution is 0.0591. The fraction of sp³-hybridized carbons (Fsp3) is 0.316. The summed E-state index contributed by atoms with van der Waals surface area (Å²) in [6.07, 6.45) is 3.38. The Hall–Kier alpha value is -2.60. The second-order valence-electron chi connectivity index (χ2n) is 6.41. The number of pyridine rings is 1. The zero-order chi connectivity index (χ0) is 18.1. The highest BCUT2D eigenvalue weighted by Gasteiger charge is 2.27. The first-order chi connectivity index (χ1) is 12.6. The van der Waals surface area contributed by atoms with Crippen molar-refractivity contribution in [3.63, 3.8) is 0 Å². The minimum Gasteiger partial charge on any atom is -0.490 e. The Morgan fingerprint density at radius 3 is 2.65 bits per heavy atom. The smallest absolute Gasteiger partial charge is 0.275 e. The molecule has 0 unspecified atom stereocenters. The maximum absolute atomic E-state index is 12.9. The molecule has 26 heavy (non-hydrogen) atoms. The average Bonchev–Trinajstić information content (AvgIpc) is 3.01. The fourth-order valence-electron chi connectivity index (χ4n) is 3.28. The van der Waals surface area contributed by atoms with E-state index in [0.717, 1.165) is 29.6 Å². The van der Waals surface area contributed by atoms with Crippen molar-refractivity contribution in [3.05, 3.63) is 53.3 Å². The van der Waals surface area contributed by atoms with Crippen LogP contribution in [0.4, 0.5) is 0 Å². The standard InChI is InChI=1S/C19H19ClN4O2/c1-23-18-16(3-2-10-21-18)17(22-23)19(25)24-11-8-15(9-12-24)26-14-6-4-13(20)5-7-14/h2-7,10,15H,8-9,11-12H2,1H3. The maximum Gasteiger partial charge on any atom is 0.275 e. The van der Waals surface area contributed by atoms with Gasteiger partial charge in [0.15, 0.2) is 11.3 Å². The van der Waals surface area contributed by atoms with Gasteiger partial charge in [-0.25, -0.2) is 9.67 Å². The van der Waals surface area contributed by atoms with Crippen LogP contribution in [0, 0.1) is 0 Å². The monoisotopic (exact) mass is 370 g/mol. The van der Waals surface area contributed by atoms with Crippen molar-refractivity contribution < 1.29 is 9.53 Å². The Labute approximate surface area is 156 Å². The second-order valence-corrected chi connectivity index (χ2v) is 6.85. The van der Waals surface area contributed by atoms with Crippen molar-refractivity contribution in [2.45, 2.75) is 18.9 Å². The molecule has 0 radical (unpaired) electrons. The molecule has 4 rings (SSSR count). The summed E-state index contributed by atoms with van der Waals surface area (Å²) < 4.78 is 7.64. The average molecular weight is 371 g/mol. The summed E-state index contributed by atoms with van der Waals surface area (Å²) in [7, 11) is 1.80. The summed E-state index contributed by atoms with van der Waals surface area (Å²) in [5.41, 5.74) is 1.18. The van der Waals surface area contributed by atoms with Crippen LogP contribution < -0.4 is 4.74 Å². The molecule has 1 aliphatic rings. The number of aryl methyl sites for hydroxylation is 1. The Balaban J connectivity index is 1.42. The molecule has 1 amide bonds. The first-order valence-electron chi connectivity index (χ1n) is 8.61. The highest BCUT2D eigenvalue weighted by atomic mass is 35.5. The largest absolute Gasteiger partial charge is 0.490 e. The van der Waals surface area contributed by atoms with Crippen LogP contribution in [-0.2, 0) is 7.05 Å². The highest BCUT2D eigenvalue weighted by molar-refractivity contribution is 6.30. The Bertz CT molecular complexity index is 930. The molecule has 3 heterocycles. The summed E-state index contributed by atoms with van der Waals surface area (Å²) in [5, 5.41) is 5.86. The van der Waals surface area contributed by atoms with E-state index in [2.05, 4.69) is 10.1 Å². The van der Waals surface area contributed by atoms with Gasteiger partial charge in [0.05, 0.1) is 5.39 Å². The van der Waals surface area contributed by atoms with Crippen molar-refractivity contribution >= 4 is 28.5 Å². The molecule has 6 nitrogen and oxygen atoms in total. The molecule has 0 atom stereocenters. The van der Waals surface area contributed by atoms with E-state index in [-0.39, 0.29) is 12.0 Å². The summed E-state index contributed by atoms with van der Waals surface area (Å²) in [5.74, 6) is 0.759. The predicted octanol–water partition coefficient (Wildman–Crippen LogP) is 3.31. The van der Waals surface area contributed by atoms with Gasteiger partial charge in [0.1, 0.15) is 11.9 Å². The molecule has 7 heteroatoms. The van der Waals surface area contributed by atoms with Crippen LogP contribution in [0.1, 0.15) is 23.3 Å². The van der Waals surface area contributed by atoms with Gasteiger partial charge in [-0.1, -0.05) is 11.6 Å². The van der Waals surface area contributed by atoms with E-state index >= 15 is 0 Å². The van der Waals surface area contributed by atoms with E-state index < -0.39 is 0 Å². The molecule has 1 fully saturated rings. The fourth-order valence-corrected chi connectivity index (χ4v) is 3.41. The number of halogens is 1. The maximum atomic E-state index is 12.9. The SMILES string of the molecule is Cn1nc(C(=O)N2CCC(Oc3ccc(Cl)cc3)CC2)c2cccnc21. The van der Waals surface area contributed by atoms with Crippen LogP contribution in [0.2, 0.25) is 5.02 Å². The van der Waals surface area contributed by atoms with Gasteiger partial charge in [0, 0.05) is 44.2 Å². The number of carbonyl (C=O) groups excluding carboxylic acids is 1. The zero-order valence-electron chi connectivity index (χ0n) is 14.4. The van der Waals surface area contributed by atoms with Gasteiger partial charge in [-0.2, -0.15) is 5.10 Å². The van der Waals surface area contributed by atoms with E-state index in [1.54, 1.807) is 17.9 Å².